The second-order valence-electron chi connectivity index (χ2n) is 2.77. The Labute approximate surface area is 84.3 Å². The molecule has 0 saturated carbocycles. The fourth-order valence-electron chi connectivity index (χ4n) is 0.990. The van der Waals surface area contributed by atoms with Gasteiger partial charge in [0.15, 0.2) is 4.67 Å². The van der Waals surface area contributed by atoms with E-state index in [1.807, 2.05) is 6.07 Å². The SMILES string of the molecule is CN(CC(=O)O)Cc1ccc(Br)o1. The largest absolute Gasteiger partial charge is 0.480 e. The Bertz CT molecular complexity index is 297. The molecule has 72 valence electrons. The van der Waals surface area contributed by atoms with Crippen LogP contribution in [0.2, 0.25) is 0 Å². The van der Waals surface area contributed by atoms with Gasteiger partial charge in [-0.25, -0.2) is 0 Å². The van der Waals surface area contributed by atoms with Gasteiger partial charge in [0.25, 0.3) is 0 Å². The summed E-state index contributed by atoms with van der Waals surface area (Å²) in [5.41, 5.74) is 0. The van der Waals surface area contributed by atoms with Crippen LogP contribution >= 0.6 is 15.9 Å². The van der Waals surface area contributed by atoms with E-state index in [1.54, 1.807) is 18.0 Å². The van der Waals surface area contributed by atoms with E-state index in [-0.39, 0.29) is 6.54 Å². The molecule has 0 spiro atoms. The van der Waals surface area contributed by atoms with Crippen molar-refractivity contribution in [2.24, 2.45) is 0 Å². The van der Waals surface area contributed by atoms with Crippen LogP contribution in [0.25, 0.3) is 0 Å². The smallest absolute Gasteiger partial charge is 0.317 e. The number of halogens is 1. The summed E-state index contributed by atoms with van der Waals surface area (Å²) in [5, 5.41) is 8.49. The highest BCUT2D eigenvalue weighted by Gasteiger charge is 2.07. The van der Waals surface area contributed by atoms with Crippen molar-refractivity contribution in [1.29, 1.82) is 0 Å². The molecular weight excluding hydrogens is 238 g/mol. The molecule has 13 heavy (non-hydrogen) atoms. The molecule has 0 unspecified atom stereocenters. The molecular formula is C8H10BrNO3. The van der Waals surface area contributed by atoms with E-state index < -0.39 is 5.97 Å². The number of carbonyl (C=O) groups is 1. The molecule has 1 N–H and O–H groups in total. The van der Waals surface area contributed by atoms with Gasteiger partial charge in [0, 0.05) is 0 Å². The third-order valence-corrected chi connectivity index (χ3v) is 1.89. The fraction of sp³-hybridized carbons (Fsp3) is 0.375. The first-order valence-corrected chi connectivity index (χ1v) is 4.52. The third-order valence-electron chi connectivity index (χ3n) is 1.46. The molecule has 0 aromatic carbocycles. The van der Waals surface area contributed by atoms with E-state index in [0.29, 0.717) is 11.2 Å². The van der Waals surface area contributed by atoms with Gasteiger partial charge in [-0.05, 0) is 35.1 Å². The van der Waals surface area contributed by atoms with Crippen LogP contribution in [-0.4, -0.2) is 29.6 Å². The van der Waals surface area contributed by atoms with Gasteiger partial charge >= 0.3 is 5.97 Å². The van der Waals surface area contributed by atoms with Crippen LogP contribution in [0.15, 0.2) is 21.2 Å². The van der Waals surface area contributed by atoms with Crippen LogP contribution in [0.3, 0.4) is 0 Å². The molecule has 4 nitrogen and oxygen atoms in total. The first-order chi connectivity index (χ1) is 6.08. The molecule has 0 bridgehead atoms. The van der Waals surface area contributed by atoms with E-state index in [1.165, 1.54) is 0 Å². The number of aliphatic carboxylic acids is 1. The van der Waals surface area contributed by atoms with Crippen LogP contribution in [-0.2, 0) is 11.3 Å². The Hall–Kier alpha value is -0.810. The van der Waals surface area contributed by atoms with Crippen LogP contribution in [0, 0.1) is 0 Å². The molecule has 0 aliphatic rings. The molecule has 1 aromatic rings. The third kappa shape index (κ3) is 3.61. The van der Waals surface area contributed by atoms with E-state index in [0.717, 1.165) is 5.76 Å². The maximum atomic E-state index is 10.3. The summed E-state index contributed by atoms with van der Waals surface area (Å²) in [5.74, 6) is -0.0938. The zero-order valence-electron chi connectivity index (χ0n) is 7.16. The van der Waals surface area contributed by atoms with Gasteiger partial charge in [0.05, 0.1) is 13.1 Å². The highest BCUT2D eigenvalue weighted by atomic mass is 79.9. The lowest BCUT2D eigenvalue weighted by Gasteiger charge is -2.10. The quantitative estimate of drug-likeness (QED) is 0.878. The predicted molar refractivity (Wildman–Crippen MR) is 50.4 cm³/mol. The lowest BCUT2D eigenvalue weighted by atomic mass is 10.4. The van der Waals surface area contributed by atoms with Gasteiger partial charge in [-0.2, -0.15) is 0 Å². The number of nitrogens with zero attached hydrogens (tertiary/aromatic N) is 1. The lowest BCUT2D eigenvalue weighted by Crippen LogP contribution is -2.24. The Morgan fingerprint density at radius 3 is 2.85 bits per heavy atom. The Morgan fingerprint density at radius 1 is 1.69 bits per heavy atom. The molecule has 0 atom stereocenters. The average molecular weight is 248 g/mol. The van der Waals surface area contributed by atoms with Gasteiger partial charge in [-0.15, -0.1) is 0 Å². The first kappa shape index (κ1) is 10.3. The summed E-state index contributed by atoms with van der Waals surface area (Å²) in [6, 6.07) is 3.59. The molecule has 0 fully saturated rings. The van der Waals surface area contributed by atoms with Crippen molar-refractivity contribution in [3.8, 4) is 0 Å². The van der Waals surface area contributed by atoms with E-state index >= 15 is 0 Å². The first-order valence-electron chi connectivity index (χ1n) is 3.72. The van der Waals surface area contributed by atoms with E-state index in [9.17, 15) is 4.79 Å². The van der Waals surface area contributed by atoms with Crippen LogP contribution in [0.5, 0.6) is 0 Å². The number of carboxylic acids is 1. The fourth-order valence-corrected chi connectivity index (χ4v) is 1.33. The molecule has 5 heteroatoms. The highest BCUT2D eigenvalue weighted by molar-refractivity contribution is 9.10. The summed E-state index contributed by atoms with van der Waals surface area (Å²) in [4.78, 5) is 12.0. The predicted octanol–water partition coefficient (Wildman–Crippen LogP) is 1.56. The highest BCUT2D eigenvalue weighted by Crippen LogP contribution is 2.14. The molecule has 0 radical (unpaired) electrons. The monoisotopic (exact) mass is 247 g/mol. The van der Waals surface area contributed by atoms with Crippen LogP contribution in [0.1, 0.15) is 5.76 Å². The zero-order chi connectivity index (χ0) is 9.84. The maximum Gasteiger partial charge on any atom is 0.317 e. The summed E-state index contributed by atoms with van der Waals surface area (Å²) < 4.78 is 5.88. The molecule has 0 saturated heterocycles. The molecule has 1 rings (SSSR count). The van der Waals surface area contributed by atoms with Gasteiger partial charge in [-0.3, -0.25) is 9.69 Å². The van der Waals surface area contributed by atoms with Crippen molar-refractivity contribution in [2.45, 2.75) is 6.54 Å². The minimum absolute atomic E-state index is 0.0122. The topological polar surface area (TPSA) is 53.7 Å². The summed E-state index contributed by atoms with van der Waals surface area (Å²) in [7, 11) is 1.73. The average Bonchev–Trinajstić information content (AvgIpc) is 2.33. The number of rotatable bonds is 4. The van der Waals surface area contributed by atoms with Crippen LogP contribution in [0.4, 0.5) is 0 Å². The van der Waals surface area contributed by atoms with Crippen molar-refractivity contribution in [2.75, 3.05) is 13.6 Å². The number of likely N-dealkylation sites (N-methyl/N-ethyl adjacent to an activating group) is 1. The van der Waals surface area contributed by atoms with E-state index in [4.69, 9.17) is 9.52 Å². The van der Waals surface area contributed by atoms with Crippen molar-refractivity contribution in [3.05, 3.63) is 22.6 Å². The van der Waals surface area contributed by atoms with Gasteiger partial charge < -0.3 is 9.52 Å². The number of hydrogen-bond acceptors (Lipinski definition) is 3. The van der Waals surface area contributed by atoms with Crippen molar-refractivity contribution in [1.82, 2.24) is 4.90 Å². The molecule has 0 aliphatic carbocycles. The zero-order valence-corrected chi connectivity index (χ0v) is 8.74. The number of furan rings is 1. The number of hydrogen-bond donors (Lipinski definition) is 1. The number of carboxylic acid groups (broad SMARTS) is 1. The van der Waals surface area contributed by atoms with Crippen molar-refractivity contribution in [3.63, 3.8) is 0 Å². The molecule has 1 aromatic heterocycles. The standard InChI is InChI=1S/C8H10BrNO3/c1-10(5-8(11)12)4-6-2-3-7(9)13-6/h2-3H,4-5H2,1H3,(H,11,12). The van der Waals surface area contributed by atoms with Crippen molar-refractivity contribution >= 4 is 21.9 Å². The van der Waals surface area contributed by atoms with Gasteiger partial charge in [0.2, 0.25) is 0 Å². The lowest BCUT2D eigenvalue weighted by molar-refractivity contribution is -0.138. The van der Waals surface area contributed by atoms with Crippen molar-refractivity contribution < 1.29 is 14.3 Å². The van der Waals surface area contributed by atoms with Crippen LogP contribution < -0.4 is 0 Å². The van der Waals surface area contributed by atoms with Gasteiger partial charge in [-0.1, -0.05) is 0 Å². The van der Waals surface area contributed by atoms with E-state index in [2.05, 4.69) is 15.9 Å². The minimum atomic E-state index is -0.840. The maximum absolute atomic E-state index is 10.3. The Kier molecular flexibility index (Phi) is 3.50. The second kappa shape index (κ2) is 4.43. The molecule has 0 aliphatic heterocycles. The Balaban J connectivity index is 2.44. The van der Waals surface area contributed by atoms with Gasteiger partial charge in [0.1, 0.15) is 5.76 Å². The summed E-state index contributed by atoms with van der Waals surface area (Å²) in [6.45, 7) is 0.510. The molecule has 0 amide bonds. The normalized spacial score (nSPS) is 10.7. The summed E-state index contributed by atoms with van der Waals surface area (Å²) >= 11 is 3.17. The Morgan fingerprint density at radius 2 is 2.38 bits per heavy atom. The minimum Gasteiger partial charge on any atom is -0.480 e. The second-order valence-corrected chi connectivity index (χ2v) is 3.55. The molecule has 1 heterocycles. The summed E-state index contributed by atoms with van der Waals surface area (Å²) in [6.07, 6.45) is 0.